The molecule has 2 heterocycles. The van der Waals surface area contributed by atoms with Gasteiger partial charge in [-0.15, -0.1) is 0 Å². The van der Waals surface area contributed by atoms with Crippen LogP contribution in [0.2, 0.25) is 0 Å². The van der Waals surface area contributed by atoms with E-state index in [4.69, 9.17) is 4.74 Å². The zero-order valence-electron chi connectivity index (χ0n) is 11.2. The van der Waals surface area contributed by atoms with E-state index in [0.717, 1.165) is 19.4 Å². The van der Waals surface area contributed by atoms with E-state index in [1.807, 2.05) is 19.1 Å². The van der Waals surface area contributed by atoms with Gasteiger partial charge in [-0.3, -0.25) is 4.79 Å². The Morgan fingerprint density at radius 3 is 3.05 bits per heavy atom. The number of anilines is 1. The molecule has 0 saturated carbocycles. The minimum absolute atomic E-state index is 0.0205. The molecule has 2 aliphatic rings. The van der Waals surface area contributed by atoms with E-state index >= 15 is 0 Å². The van der Waals surface area contributed by atoms with Crippen molar-refractivity contribution in [3.8, 4) is 0 Å². The second kappa shape index (κ2) is 5.21. The highest BCUT2D eigenvalue weighted by molar-refractivity contribution is 5.79. The van der Waals surface area contributed by atoms with Gasteiger partial charge in [-0.05, 0) is 31.4 Å². The standard InChI is InChI=1S/C15H20N2O2/c1-10-6-12(9-19-10)15(18)17-13-7-11-4-2-3-5-14(11)16-8-13/h2-5,10,12-13,16H,6-9H2,1H3,(H,17,18). The lowest BCUT2D eigenvalue weighted by Crippen LogP contribution is -2.46. The minimum atomic E-state index is 0.0205. The maximum Gasteiger partial charge on any atom is 0.225 e. The van der Waals surface area contributed by atoms with Gasteiger partial charge in [-0.1, -0.05) is 18.2 Å². The molecule has 4 nitrogen and oxygen atoms in total. The molecule has 0 bridgehead atoms. The van der Waals surface area contributed by atoms with Crippen LogP contribution in [0.4, 0.5) is 5.69 Å². The molecule has 2 N–H and O–H groups in total. The molecule has 3 rings (SSSR count). The predicted octanol–water partition coefficient (Wildman–Crippen LogP) is 1.56. The minimum Gasteiger partial charge on any atom is -0.383 e. The van der Waals surface area contributed by atoms with E-state index in [9.17, 15) is 4.79 Å². The van der Waals surface area contributed by atoms with E-state index in [1.54, 1.807) is 0 Å². The Morgan fingerprint density at radius 1 is 1.42 bits per heavy atom. The number of nitrogens with one attached hydrogen (secondary N) is 2. The SMILES string of the molecule is CC1CC(C(=O)NC2CNc3ccccc3C2)CO1. The van der Waals surface area contributed by atoms with Crippen molar-refractivity contribution in [2.45, 2.75) is 31.9 Å². The summed E-state index contributed by atoms with van der Waals surface area (Å²) < 4.78 is 5.46. The molecule has 0 aromatic heterocycles. The molecule has 3 unspecified atom stereocenters. The zero-order chi connectivity index (χ0) is 13.2. The molecule has 2 aliphatic heterocycles. The molecular weight excluding hydrogens is 240 g/mol. The molecule has 102 valence electrons. The molecule has 0 aliphatic carbocycles. The normalized spacial score (nSPS) is 29.4. The molecule has 0 spiro atoms. The molecule has 1 amide bonds. The smallest absolute Gasteiger partial charge is 0.225 e. The lowest BCUT2D eigenvalue weighted by molar-refractivity contribution is -0.125. The fraction of sp³-hybridized carbons (Fsp3) is 0.533. The topological polar surface area (TPSA) is 50.4 Å². The molecular formula is C15H20N2O2. The quantitative estimate of drug-likeness (QED) is 0.848. The Labute approximate surface area is 113 Å². The summed E-state index contributed by atoms with van der Waals surface area (Å²) in [5.74, 6) is 0.155. The monoisotopic (exact) mass is 260 g/mol. The summed E-state index contributed by atoms with van der Waals surface area (Å²) in [6, 6.07) is 8.44. The van der Waals surface area contributed by atoms with Crippen molar-refractivity contribution in [1.82, 2.24) is 5.32 Å². The summed E-state index contributed by atoms with van der Waals surface area (Å²) in [4.78, 5) is 12.2. The van der Waals surface area contributed by atoms with Gasteiger partial charge >= 0.3 is 0 Å². The van der Waals surface area contributed by atoms with Gasteiger partial charge in [0.05, 0.1) is 24.7 Å². The van der Waals surface area contributed by atoms with Crippen molar-refractivity contribution < 1.29 is 9.53 Å². The maximum atomic E-state index is 12.2. The summed E-state index contributed by atoms with van der Waals surface area (Å²) in [5, 5.41) is 6.51. The van der Waals surface area contributed by atoms with Gasteiger partial charge in [0.2, 0.25) is 5.91 Å². The van der Waals surface area contributed by atoms with Gasteiger partial charge in [0, 0.05) is 12.2 Å². The van der Waals surface area contributed by atoms with Crippen LogP contribution in [0.25, 0.3) is 0 Å². The first-order valence-corrected chi connectivity index (χ1v) is 6.96. The van der Waals surface area contributed by atoms with Crippen LogP contribution in [0.15, 0.2) is 24.3 Å². The third-order valence-electron chi connectivity index (χ3n) is 3.94. The lowest BCUT2D eigenvalue weighted by Gasteiger charge is -2.27. The second-order valence-corrected chi connectivity index (χ2v) is 5.52. The van der Waals surface area contributed by atoms with E-state index < -0.39 is 0 Å². The van der Waals surface area contributed by atoms with Gasteiger partial charge in [0.25, 0.3) is 0 Å². The van der Waals surface area contributed by atoms with E-state index in [0.29, 0.717) is 6.61 Å². The number of para-hydroxylation sites is 1. The number of fused-ring (bicyclic) bond motifs is 1. The molecule has 3 atom stereocenters. The first kappa shape index (κ1) is 12.5. The summed E-state index contributed by atoms with van der Waals surface area (Å²) >= 11 is 0. The second-order valence-electron chi connectivity index (χ2n) is 5.52. The van der Waals surface area contributed by atoms with Gasteiger partial charge in [-0.25, -0.2) is 0 Å². The number of hydrogen-bond donors (Lipinski definition) is 2. The number of rotatable bonds is 2. The Kier molecular flexibility index (Phi) is 3.42. The average molecular weight is 260 g/mol. The summed E-state index contributed by atoms with van der Waals surface area (Å²) in [6.07, 6.45) is 1.95. The number of hydrogen-bond acceptors (Lipinski definition) is 3. The number of amides is 1. The van der Waals surface area contributed by atoms with Crippen molar-refractivity contribution in [1.29, 1.82) is 0 Å². The highest BCUT2D eigenvalue weighted by Gasteiger charge is 2.30. The molecule has 1 aromatic rings. The number of benzene rings is 1. The van der Waals surface area contributed by atoms with Crippen LogP contribution >= 0.6 is 0 Å². The van der Waals surface area contributed by atoms with Crippen LogP contribution in [0.1, 0.15) is 18.9 Å². The first-order valence-electron chi connectivity index (χ1n) is 6.96. The highest BCUT2D eigenvalue weighted by atomic mass is 16.5. The van der Waals surface area contributed by atoms with E-state index in [-0.39, 0.29) is 24.0 Å². The van der Waals surface area contributed by atoms with E-state index in [1.165, 1.54) is 11.3 Å². The first-order chi connectivity index (χ1) is 9.22. The molecule has 19 heavy (non-hydrogen) atoms. The molecule has 1 fully saturated rings. The highest BCUT2D eigenvalue weighted by Crippen LogP contribution is 2.22. The Hall–Kier alpha value is -1.55. The van der Waals surface area contributed by atoms with Crippen molar-refractivity contribution in [3.05, 3.63) is 29.8 Å². The van der Waals surface area contributed by atoms with Crippen LogP contribution in [-0.4, -0.2) is 31.2 Å². The van der Waals surface area contributed by atoms with Crippen molar-refractivity contribution in [2.75, 3.05) is 18.5 Å². The maximum absolute atomic E-state index is 12.2. The number of carbonyl (C=O) groups is 1. The Morgan fingerprint density at radius 2 is 2.26 bits per heavy atom. The van der Waals surface area contributed by atoms with Crippen molar-refractivity contribution >= 4 is 11.6 Å². The fourth-order valence-corrected chi connectivity index (χ4v) is 2.86. The largest absolute Gasteiger partial charge is 0.383 e. The molecule has 1 saturated heterocycles. The van der Waals surface area contributed by atoms with Gasteiger partial charge < -0.3 is 15.4 Å². The molecule has 0 radical (unpaired) electrons. The summed E-state index contributed by atoms with van der Waals surface area (Å²) in [5.41, 5.74) is 2.46. The van der Waals surface area contributed by atoms with Crippen molar-refractivity contribution in [3.63, 3.8) is 0 Å². The van der Waals surface area contributed by atoms with Crippen LogP contribution in [-0.2, 0) is 16.0 Å². The van der Waals surface area contributed by atoms with Crippen LogP contribution in [0.3, 0.4) is 0 Å². The lowest BCUT2D eigenvalue weighted by atomic mass is 9.98. The molecule has 4 heteroatoms. The average Bonchev–Trinajstić information content (AvgIpc) is 2.85. The van der Waals surface area contributed by atoms with Crippen LogP contribution < -0.4 is 10.6 Å². The zero-order valence-corrected chi connectivity index (χ0v) is 11.2. The number of carbonyl (C=O) groups excluding carboxylic acids is 1. The van der Waals surface area contributed by atoms with Gasteiger partial charge in [0.15, 0.2) is 0 Å². The summed E-state index contributed by atoms with van der Waals surface area (Å²) in [7, 11) is 0. The third-order valence-corrected chi connectivity index (χ3v) is 3.94. The van der Waals surface area contributed by atoms with Crippen LogP contribution in [0, 0.1) is 5.92 Å². The van der Waals surface area contributed by atoms with Gasteiger partial charge in [-0.2, -0.15) is 0 Å². The van der Waals surface area contributed by atoms with Crippen LogP contribution in [0.5, 0.6) is 0 Å². The Balaban J connectivity index is 1.58. The molecule has 1 aromatic carbocycles. The summed E-state index contributed by atoms with van der Waals surface area (Å²) in [6.45, 7) is 3.38. The third kappa shape index (κ3) is 2.73. The fourth-order valence-electron chi connectivity index (χ4n) is 2.86. The van der Waals surface area contributed by atoms with E-state index in [2.05, 4.69) is 22.8 Å². The number of ether oxygens (including phenoxy) is 1. The predicted molar refractivity (Wildman–Crippen MR) is 74.1 cm³/mol. The van der Waals surface area contributed by atoms with Gasteiger partial charge in [0.1, 0.15) is 0 Å². The Bertz CT molecular complexity index is 475. The van der Waals surface area contributed by atoms with Crippen molar-refractivity contribution in [2.24, 2.45) is 5.92 Å².